The molecule has 1 aromatic heterocycles. The second kappa shape index (κ2) is 8.23. The third-order valence-electron chi connectivity index (χ3n) is 4.55. The Morgan fingerprint density at radius 2 is 1.93 bits per heavy atom. The summed E-state index contributed by atoms with van der Waals surface area (Å²) >= 11 is 3.42. The molecule has 0 spiro atoms. The largest absolute Gasteiger partial charge is 0.451 e. The Morgan fingerprint density at radius 3 is 2.59 bits per heavy atom. The second-order valence-corrected chi connectivity index (χ2v) is 7.78. The van der Waals surface area contributed by atoms with Crippen LogP contribution in [0.25, 0.3) is 11.0 Å². The van der Waals surface area contributed by atoms with Gasteiger partial charge >= 0.3 is 0 Å². The van der Waals surface area contributed by atoms with Crippen molar-refractivity contribution in [2.24, 2.45) is 0 Å². The molecule has 1 amide bonds. The van der Waals surface area contributed by atoms with Crippen molar-refractivity contribution in [3.05, 3.63) is 69.6 Å². The molecule has 0 aliphatic heterocycles. The van der Waals surface area contributed by atoms with Gasteiger partial charge in [0.2, 0.25) is 0 Å². The smallest absolute Gasteiger partial charge is 0.287 e. The van der Waals surface area contributed by atoms with Gasteiger partial charge in [-0.2, -0.15) is 0 Å². The van der Waals surface area contributed by atoms with E-state index >= 15 is 0 Å². The number of benzene rings is 2. The van der Waals surface area contributed by atoms with Gasteiger partial charge in [-0.05, 0) is 69.9 Å². The van der Waals surface area contributed by atoms with Gasteiger partial charge in [-0.1, -0.05) is 28.1 Å². The minimum Gasteiger partial charge on any atom is -0.451 e. The van der Waals surface area contributed by atoms with Crippen LogP contribution in [-0.2, 0) is 0 Å². The molecule has 1 N–H and O–H groups in total. The first-order valence-corrected chi connectivity index (χ1v) is 9.54. The number of carbonyl (C=O) groups excluding carboxylic acids is 1. The number of carbonyl (C=O) groups is 1. The maximum absolute atomic E-state index is 13.3. The zero-order chi connectivity index (χ0) is 19.6. The number of rotatable bonds is 6. The van der Waals surface area contributed by atoms with Gasteiger partial charge in [0.05, 0.1) is 6.04 Å². The Balaban J connectivity index is 1.87. The molecule has 142 valence electrons. The van der Waals surface area contributed by atoms with Gasteiger partial charge < -0.3 is 14.6 Å². The van der Waals surface area contributed by atoms with Crippen LogP contribution in [0, 0.1) is 12.7 Å². The first-order chi connectivity index (χ1) is 12.8. The maximum Gasteiger partial charge on any atom is 0.287 e. The van der Waals surface area contributed by atoms with Crippen LogP contribution in [0.15, 0.2) is 51.4 Å². The monoisotopic (exact) mass is 432 g/mol. The molecule has 0 aliphatic carbocycles. The van der Waals surface area contributed by atoms with E-state index in [2.05, 4.69) is 21.2 Å². The number of hydrogen-bond acceptors (Lipinski definition) is 3. The normalized spacial score (nSPS) is 12.5. The zero-order valence-electron chi connectivity index (χ0n) is 15.6. The third-order valence-corrected chi connectivity index (χ3v) is 5.04. The minimum atomic E-state index is -0.296. The van der Waals surface area contributed by atoms with Crippen LogP contribution in [0.5, 0.6) is 0 Å². The summed E-state index contributed by atoms with van der Waals surface area (Å²) in [4.78, 5) is 15.0. The first-order valence-electron chi connectivity index (χ1n) is 8.75. The van der Waals surface area contributed by atoms with Crippen molar-refractivity contribution in [2.45, 2.75) is 19.4 Å². The fraction of sp³-hybridized carbons (Fsp3) is 0.286. The highest BCUT2D eigenvalue weighted by atomic mass is 79.9. The summed E-state index contributed by atoms with van der Waals surface area (Å²) in [7, 11) is 3.95. The summed E-state index contributed by atoms with van der Waals surface area (Å²) in [6.07, 6.45) is 0.704. The fourth-order valence-corrected chi connectivity index (χ4v) is 3.38. The van der Waals surface area contributed by atoms with E-state index in [9.17, 15) is 9.18 Å². The number of hydrogen-bond donors (Lipinski definition) is 1. The molecule has 1 unspecified atom stereocenters. The Morgan fingerprint density at radius 1 is 1.22 bits per heavy atom. The Labute approximate surface area is 166 Å². The van der Waals surface area contributed by atoms with E-state index in [0.717, 1.165) is 27.5 Å². The fourth-order valence-electron chi connectivity index (χ4n) is 3.04. The van der Waals surface area contributed by atoms with E-state index in [1.165, 1.54) is 12.1 Å². The minimum absolute atomic E-state index is 0.236. The standard InChI is InChI=1S/C21H22BrFN2O2/c1-13-17-9-6-15(22)12-19(17)27-20(13)21(26)24-18(10-11-25(2)3)14-4-7-16(23)8-5-14/h4-9,12,18H,10-11H2,1-3H3,(H,24,26). The number of amides is 1. The van der Waals surface area contributed by atoms with Crippen LogP contribution in [0.2, 0.25) is 0 Å². The zero-order valence-corrected chi connectivity index (χ0v) is 17.1. The molecule has 1 atom stereocenters. The lowest BCUT2D eigenvalue weighted by Gasteiger charge is -2.21. The lowest BCUT2D eigenvalue weighted by Crippen LogP contribution is -2.31. The summed E-state index contributed by atoms with van der Waals surface area (Å²) in [5, 5.41) is 3.96. The maximum atomic E-state index is 13.3. The van der Waals surface area contributed by atoms with E-state index in [4.69, 9.17) is 4.42 Å². The summed E-state index contributed by atoms with van der Waals surface area (Å²) in [6, 6.07) is 11.7. The van der Waals surface area contributed by atoms with Gasteiger partial charge in [-0.15, -0.1) is 0 Å². The lowest BCUT2D eigenvalue weighted by atomic mass is 10.0. The molecular weight excluding hydrogens is 411 g/mol. The quantitative estimate of drug-likeness (QED) is 0.591. The van der Waals surface area contributed by atoms with Crippen LogP contribution >= 0.6 is 15.9 Å². The number of aryl methyl sites for hydroxylation is 1. The molecule has 27 heavy (non-hydrogen) atoms. The SMILES string of the molecule is Cc1c(C(=O)NC(CCN(C)C)c2ccc(F)cc2)oc2cc(Br)ccc12. The Hall–Kier alpha value is -2.18. The second-order valence-electron chi connectivity index (χ2n) is 6.87. The molecule has 2 aromatic carbocycles. The molecule has 0 bridgehead atoms. The number of furan rings is 1. The van der Waals surface area contributed by atoms with Crippen molar-refractivity contribution in [1.29, 1.82) is 0 Å². The number of nitrogens with one attached hydrogen (secondary N) is 1. The van der Waals surface area contributed by atoms with Gasteiger partial charge in [0.25, 0.3) is 5.91 Å². The first kappa shape index (κ1) is 19.6. The van der Waals surface area contributed by atoms with Gasteiger partial charge in [0.15, 0.2) is 5.76 Å². The van der Waals surface area contributed by atoms with Crippen LogP contribution in [0.3, 0.4) is 0 Å². The number of fused-ring (bicyclic) bond motifs is 1. The van der Waals surface area contributed by atoms with Gasteiger partial charge in [-0.3, -0.25) is 4.79 Å². The van der Waals surface area contributed by atoms with E-state index in [0.29, 0.717) is 17.8 Å². The average molecular weight is 433 g/mol. The van der Waals surface area contributed by atoms with Crippen molar-refractivity contribution in [2.75, 3.05) is 20.6 Å². The number of halogens is 2. The summed E-state index contributed by atoms with van der Waals surface area (Å²) in [5.41, 5.74) is 2.34. The van der Waals surface area contributed by atoms with Crippen molar-refractivity contribution >= 4 is 32.8 Å². The molecule has 0 saturated carbocycles. The molecule has 0 aliphatic rings. The molecule has 0 radical (unpaired) electrons. The van der Waals surface area contributed by atoms with Crippen LogP contribution < -0.4 is 5.32 Å². The lowest BCUT2D eigenvalue weighted by molar-refractivity contribution is 0.0906. The highest BCUT2D eigenvalue weighted by Gasteiger charge is 2.22. The molecule has 4 nitrogen and oxygen atoms in total. The predicted octanol–water partition coefficient (Wildman–Crippen LogP) is 5.07. The summed E-state index contributed by atoms with van der Waals surface area (Å²) in [6.45, 7) is 2.66. The molecule has 3 rings (SSSR count). The van der Waals surface area contributed by atoms with Crippen molar-refractivity contribution in [3.8, 4) is 0 Å². The highest BCUT2D eigenvalue weighted by Crippen LogP contribution is 2.28. The van der Waals surface area contributed by atoms with Gasteiger partial charge in [0, 0.05) is 15.4 Å². The van der Waals surface area contributed by atoms with Crippen LogP contribution in [0.4, 0.5) is 4.39 Å². The average Bonchev–Trinajstić information content (AvgIpc) is 2.95. The van der Waals surface area contributed by atoms with E-state index in [1.54, 1.807) is 12.1 Å². The number of nitrogens with zero attached hydrogens (tertiary/aromatic N) is 1. The molecule has 1 heterocycles. The molecular formula is C21H22BrFN2O2. The summed E-state index contributed by atoms with van der Waals surface area (Å²) < 4.78 is 20.0. The molecule has 3 aromatic rings. The van der Waals surface area contributed by atoms with Crippen molar-refractivity contribution in [1.82, 2.24) is 10.2 Å². The summed E-state index contributed by atoms with van der Waals surface area (Å²) in [5.74, 6) is -0.261. The van der Waals surface area contributed by atoms with Gasteiger partial charge in [-0.25, -0.2) is 4.39 Å². The van der Waals surface area contributed by atoms with E-state index in [-0.39, 0.29) is 17.8 Å². The Kier molecular flexibility index (Phi) is 5.97. The third kappa shape index (κ3) is 4.57. The predicted molar refractivity (Wildman–Crippen MR) is 108 cm³/mol. The van der Waals surface area contributed by atoms with Crippen molar-refractivity contribution < 1.29 is 13.6 Å². The molecule has 0 fully saturated rings. The van der Waals surface area contributed by atoms with E-state index < -0.39 is 0 Å². The highest BCUT2D eigenvalue weighted by molar-refractivity contribution is 9.10. The van der Waals surface area contributed by atoms with Crippen molar-refractivity contribution in [3.63, 3.8) is 0 Å². The van der Waals surface area contributed by atoms with E-state index in [1.807, 2.05) is 44.1 Å². The van der Waals surface area contributed by atoms with Crippen LogP contribution in [-0.4, -0.2) is 31.4 Å². The molecule has 6 heteroatoms. The molecule has 0 saturated heterocycles. The Bertz CT molecular complexity index is 951. The van der Waals surface area contributed by atoms with Crippen LogP contribution in [0.1, 0.15) is 34.1 Å². The van der Waals surface area contributed by atoms with Gasteiger partial charge in [0.1, 0.15) is 11.4 Å². The topological polar surface area (TPSA) is 45.5 Å².